The molecule has 3 heteroatoms. The Kier molecular flexibility index (Phi) is 4.12. The maximum absolute atomic E-state index is 5.23. The lowest BCUT2D eigenvalue weighted by atomic mass is 10.2. The number of hydrogen-bond acceptors (Lipinski definition) is 3. The van der Waals surface area contributed by atoms with E-state index in [0.29, 0.717) is 0 Å². The van der Waals surface area contributed by atoms with Gasteiger partial charge in [-0.3, -0.25) is 4.98 Å². The standard InChI is InChI=1S/C18H18N2O/c1-21-17-7-4-5-14(11-17)12-19-13-16-10-9-15-6-2-3-8-18(15)20-16/h2-11,19H,12-13H2,1H3. The lowest BCUT2D eigenvalue weighted by Gasteiger charge is -2.07. The minimum atomic E-state index is 0.752. The van der Waals surface area contributed by atoms with Gasteiger partial charge in [0.1, 0.15) is 5.75 Å². The van der Waals surface area contributed by atoms with Crippen LogP contribution >= 0.6 is 0 Å². The van der Waals surface area contributed by atoms with Crippen molar-refractivity contribution in [1.29, 1.82) is 0 Å². The molecule has 0 aliphatic rings. The molecule has 0 saturated heterocycles. The Balaban J connectivity index is 1.63. The molecular formula is C18H18N2O. The zero-order valence-corrected chi connectivity index (χ0v) is 12.0. The van der Waals surface area contributed by atoms with Gasteiger partial charge in [0.05, 0.1) is 18.3 Å². The van der Waals surface area contributed by atoms with Gasteiger partial charge in [0.15, 0.2) is 0 Å². The van der Waals surface area contributed by atoms with Crippen LogP contribution in [-0.2, 0) is 13.1 Å². The first kappa shape index (κ1) is 13.6. The van der Waals surface area contributed by atoms with E-state index in [1.54, 1.807) is 7.11 Å². The van der Waals surface area contributed by atoms with Crippen molar-refractivity contribution in [3.05, 3.63) is 71.9 Å². The number of para-hydroxylation sites is 1. The van der Waals surface area contributed by atoms with Gasteiger partial charge in [-0.05, 0) is 29.8 Å². The van der Waals surface area contributed by atoms with Crippen LogP contribution < -0.4 is 10.1 Å². The van der Waals surface area contributed by atoms with E-state index in [2.05, 4.69) is 34.6 Å². The van der Waals surface area contributed by atoms with Crippen molar-refractivity contribution >= 4 is 10.9 Å². The van der Waals surface area contributed by atoms with E-state index in [0.717, 1.165) is 30.0 Å². The molecule has 0 bridgehead atoms. The van der Waals surface area contributed by atoms with Crippen molar-refractivity contribution < 1.29 is 4.74 Å². The van der Waals surface area contributed by atoms with E-state index < -0.39 is 0 Å². The van der Waals surface area contributed by atoms with E-state index in [1.807, 2.05) is 36.4 Å². The fraction of sp³-hybridized carbons (Fsp3) is 0.167. The van der Waals surface area contributed by atoms with Crippen molar-refractivity contribution in [2.24, 2.45) is 0 Å². The summed E-state index contributed by atoms with van der Waals surface area (Å²) in [5.74, 6) is 0.887. The molecule has 0 spiro atoms. The molecule has 0 radical (unpaired) electrons. The molecular weight excluding hydrogens is 260 g/mol. The lowest BCUT2D eigenvalue weighted by molar-refractivity contribution is 0.414. The topological polar surface area (TPSA) is 34.1 Å². The van der Waals surface area contributed by atoms with Crippen LogP contribution in [0.1, 0.15) is 11.3 Å². The summed E-state index contributed by atoms with van der Waals surface area (Å²) in [5, 5.41) is 4.59. The second-order valence-corrected chi connectivity index (χ2v) is 4.95. The minimum absolute atomic E-state index is 0.752. The van der Waals surface area contributed by atoms with Crippen LogP contribution in [-0.4, -0.2) is 12.1 Å². The molecule has 3 aromatic rings. The van der Waals surface area contributed by atoms with Gasteiger partial charge in [0.2, 0.25) is 0 Å². The van der Waals surface area contributed by atoms with Gasteiger partial charge in [-0.15, -0.1) is 0 Å². The molecule has 1 heterocycles. The van der Waals surface area contributed by atoms with Gasteiger partial charge in [0, 0.05) is 18.5 Å². The van der Waals surface area contributed by atoms with Gasteiger partial charge in [0.25, 0.3) is 0 Å². The number of nitrogens with one attached hydrogen (secondary N) is 1. The third kappa shape index (κ3) is 3.38. The number of aromatic nitrogens is 1. The van der Waals surface area contributed by atoms with Crippen LogP contribution in [0, 0.1) is 0 Å². The molecule has 2 aromatic carbocycles. The van der Waals surface area contributed by atoms with Crippen molar-refractivity contribution in [3.63, 3.8) is 0 Å². The fourth-order valence-electron chi connectivity index (χ4n) is 2.32. The monoisotopic (exact) mass is 278 g/mol. The fourth-order valence-corrected chi connectivity index (χ4v) is 2.32. The first-order valence-corrected chi connectivity index (χ1v) is 7.03. The number of ether oxygens (including phenoxy) is 1. The van der Waals surface area contributed by atoms with Crippen LogP contribution in [0.2, 0.25) is 0 Å². The van der Waals surface area contributed by atoms with Crippen molar-refractivity contribution in [1.82, 2.24) is 10.3 Å². The normalized spacial score (nSPS) is 10.7. The highest BCUT2D eigenvalue weighted by molar-refractivity contribution is 5.78. The number of hydrogen-bond donors (Lipinski definition) is 1. The molecule has 1 N–H and O–H groups in total. The number of rotatable bonds is 5. The van der Waals surface area contributed by atoms with Gasteiger partial charge < -0.3 is 10.1 Å². The molecule has 21 heavy (non-hydrogen) atoms. The minimum Gasteiger partial charge on any atom is -0.497 e. The molecule has 0 atom stereocenters. The molecule has 3 nitrogen and oxygen atoms in total. The average molecular weight is 278 g/mol. The quantitative estimate of drug-likeness (QED) is 0.775. The van der Waals surface area contributed by atoms with E-state index in [-0.39, 0.29) is 0 Å². The number of pyridine rings is 1. The van der Waals surface area contributed by atoms with Crippen LogP contribution in [0.4, 0.5) is 0 Å². The maximum Gasteiger partial charge on any atom is 0.119 e. The average Bonchev–Trinajstić information content (AvgIpc) is 2.55. The highest BCUT2D eigenvalue weighted by Crippen LogP contribution is 2.13. The molecule has 0 unspecified atom stereocenters. The molecule has 3 rings (SSSR count). The number of fused-ring (bicyclic) bond motifs is 1. The zero-order chi connectivity index (χ0) is 14.5. The smallest absolute Gasteiger partial charge is 0.119 e. The summed E-state index contributed by atoms with van der Waals surface area (Å²) < 4.78 is 5.23. The van der Waals surface area contributed by atoms with E-state index in [9.17, 15) is 0 Å². The lowest BCUT2D eigenvalue weighted by Crippen LogP contribution is -2.13. The number of methoxy groups -OCH3 is 1. The third-order valence-corrected chi connectivity index (χ3v) is 3.43. The second kappa shape index (κ2) is 6.37. The summed E-state index contributed by atoms with van der Waals surface area (Å²) in [4.78, 5) is 4.65. The first-order valence-electron chi connectivity index (χ1n) is 7.03. The molecule has 0 saturated carbocycles. The molecule has 0 aliphatic carbocycles. The Bertz CT molecular complexity index is 740. The largest absolute Gasteiger partial charge is 0.497 e. The zero-order valence-electron chi connectivity index (χ0n) is 12.0. The number of benzene rings is 2. The van der Waals surface area contributed by atoms with Gasteiger partial charge in [-0.2, -0.15) is 0 Å². The Morgan fingerprint density at radius 3 is 2.76 bits per heavy atom. The van der Waals surface area contributed by atoms with Gasteiger partial charge >= 0.3 is 0 Å². The Morgan fingerprint density at radius 2 is 1.86 bits per heavy atom. The van der Waals surface area contributed by atoms with Crippen molar-refractivity contribution in [2.45, 2.75) is 13.1 Å². The SMILES string of the molecule is COc1cccc(CNCc2ccc3ccccc3n2)c1. The summed E-state index contributed by atoms with van der Waals surface area (Å²) in [5.41, 5.74) is 3.30. The van der Waals surface area contributed by atoms with Crippen molar-refractivity contribution in [3.8, 4) is 5.75 Å². The number of nitrogens with zero attached hydrogens (tertiary/aromatic N) is 1. The molecule has 0 fully saturated rings. The second-order valence-electron chi connectivity index (χ2n) is 4.95. The highest BCUT2D eigenvalue weighted by atomic mass is 16.5. The summed E-state index contributed by atoms with van der Waals surface area (Å²) in [6.07, 6.45) is 0. The maximum atomic E-state index is 5.23. The van der Waals surface area contributed by atoms with Crippen molar-refractivity contribution in [2.75, 3.05) is 7.11 Å². The van der Waals surface area contributed by atoms with E-state index in [4.69, 9.17) is 4.74 Å². The van der Waals surface area contributed by atoms with Crippen LogP contribution in [0.3, 0.4) is 0 Å². The Hall–Kier alpha value is -2.39. The Labute approximate surface area is 124 Å². The van der Waals surface area contributed by atoms with E-state index in [1.165, 1.54) is 10.9 Å². The predicted molar refractivity (Wildman–Crippen MR) is 85.3 cm³/mol. The molecule has 1 aromatic heterocycles. The third-order valence-electron chi connectivity index (χ3n) is 3.43. The van der Waals surface area contributed by atoms with Crippen LogP contribution in [0.5, 0.6) is 5.75 Å². The van der Waals surface area contributed by atoms with Gasteiger partial charge in [-0.1, -0.05) is 36.4 Å². The summed E-state index contributed by atoms with van der Waals surface area (Å²) in [6.45, 7) is 1.55. The summed E-state index contributed by atoms with van der Waals surface area (Å²) in [7, 11) is 1.69. The van der Waals surface area contributed by atoms with E-state index >= 15 is 0 Å². The Morgan fingerprint density at radius 1 is 0.952 bits per heavy atom. The molecule has 106 valence electrons. The summed E-state index contributed by atoms with van der Waals surface area (Å²) >= 11 is 0. The van der Waals surface area contributed by atoms with Crippen LogP contribution in [0.15, 0.2) is 60.7 Å². The van der Waals surface area contributed by atoms with Crippen LogP contribution in [0.25, 0.3) is 10.9 Å². The van der Waals surface area contributed by atoms with Gasteiger partial charge in [-0.25, -0.2) is 0 Å². The molecule has 0 amide bonds. The predicted octanol–water partition coefficient (Wildman–Crippen LogP) is 3.53. The highest BCUT2D eigenvalue weighted by Gasteiger charge is 1.99. The summed E-state index contributed by atoms with van der Waals surface area (Å²) in [6, 6.07) is 20.4. The first-order chi connectivity index (χ1) is 10.3. The molecule has 0 aliphatic heterocycles.